The van der Waals surface area contributed by atoms with Gasteiger partial charge in [0.05, 0.1) is 11.6 Å². The summed E-state index contributed by atoms with van der Waals surface area (Å²) in [7, 11) is 2.18. The molecule has 3 heterocycles. The van der Waals surface area contributed by atoms with Crippen molar-refractivity contribution in [2.75, 3.05) is 32.0 Å². The van der Waals surface area contributed by atoms with Crippen molar-refractivity contribution < 1.29 is 0 Å². The minimum absolute atomic E-state index is 0.528. The summed E-state index contributed by atoms with van der Waals surface area (Å²) in [6.07, 6.45) is 4.85. The number of hydrogen-bond donors (Lipinski definition) is 2. The third-order valence-corrected chi connectivity index (χ3v) is 5.75. The van der Waals surface area contributed by atoms with Crippen LogP contribution in [-0.4, -0.2) is 46.5 Å². The van der Waals surface area contributed by atoms with Crippen LogP contribution in [-0.2, 0) is 6.42 Å². The molecule has 0 radical (unpaired) electrons. The first-order chi connectivity index (χ1) is 13.6. The molecule has 0 saturated carbocycles. The van der Waals surface area contributed by atoms with Gasteiger partial charge in [0.1, 0.15) is 12.1 Å². The second-order valence-corrected chi connectivity index (χ2v) is 7.68. The number of H-pyrrole nitrogens is 1. The Morgan fingerprint density at radius 2 is 2.07 bits per heavy atom. The molecular weight excluding hydrogens is 348 g/mol. The van der Waals surface area contributed by atoms with Gasteiger partial charge in [0.25, 0.3) is 0 Å². The van der Waals surface area contributed by atoms with Crippen LogP contribution in [0.3, 0.4) is 0 Å². The Hall–Kier alpha value is -2.91. The zero-order valence-electron chi connectivity index (χ0n) is 16.5. The number of nitriles is 1. The number of nitrogens with zero attached hydrogens (tertiary/aromatic N) is 4. The van der Waals surface area contributed by atoms with E-state index in [1.165, 1.54) is 5.56 Å². The van der Waals surface area contributed by atoms with Crippen molar-refractivity contribution in [2.45, 2.75) is 32.1 Å². The van der Waals surface area contributed by atoms with E-state index in [0.29, 0.717) is 11.5 Å². The molecule has 1 aromatic carbocycles. The van der Waals surface area contributed by atoms with Gasteiger partial charge in [-0.2, -0.15) is 5.26 Å². The third kappa shape index (κ3) is 3.85. The first-order valence-corrected chi connectivity index (χ1v) is 9.89. The van der Waals surface area contributed by atoms with E-state index in [-0.39, 0.29) is 0 Å². The number of aryl methyl sites for hydroxylation is 1. The predicted octanol–water partition coefficient (Wildman–Crippen LogP) is 3.60. The van der Waals surface area contributed by atoms with Gasteiger partial charge in [-0.15, -0.1) is 0 Å². The minimum atomic E-state index is 0.528. The maximum atomic E-state index is 9.18. The fourth-order valence-electron chi connectivity index (χ4n) is 4.09. The summed E-state index contributed by atoms with van der Waals surface area (Å²) in [6.45, 7) is 5.13. The van der Waals surface area contributed by atoms with Crippen molar-refractivity contribution in [3.05, 3.63) is 53.1 Å². The van der Waals surface area contributed by atoms with Crippen molar-refractivity contribution in [1.82, 2.24) is 19.9 Å². The second kappa shape index (κ2) is 7.99. The van der Waals surface area contributed by atoms with Crippen LogP contribution < -0.4 is 5.32 Å². The summed E-state index contributed by atoms with van der Waals surface area (Å²) in [6, 6.07) is 10.1. The van der Waals surface area contributed by atoms with Gasteiger partial charge in [-0.3, -0.25) is 0 Å². The van der Waals surface area contributed by atoms with Crippen LogP contribution in [0.1, 0.15) is 41.3 Å². The highest BCUT2D eigenvalue weighted by Crippen LogP contribution is 2.27. The quantitative estimate of drug-likeness (QED) is 0.713. The van der Waals surface area contributed by atoms with Crippen LogP contribution >= 0.6 is 0 Å². The van der Waals surface area contributed by atoms with Gasteiger partial charge in [0.2, 0.25) is 0 Å². The van der Waals surface area contributed by atoms with E-state index in [4.69, 9.17) is 0 Å². The zero-order valence-corrected chi connectivity index (χ0v) is 16.5. The van der Waals surface area contributed by atoms with E-state index in [1.807, 2.05) is 18.2 Å². The summed E-state index contributed by atoms with van der Waals surface area (Å²) in [5, 5.41) is 13.8. The maximum Gasteiger partial charge on any atom is 0.129 e. The van der Waals surface area contributed by atoms with E-state index in [0.717, 1.165) is 67.0 Å². The monoisotopic (exact) mass is 374 g/mol. The maximum absolute atomic E-state index is 9.18. The third-order valence-electron chi connectivity index (χ3n) is 5.75. The smallest absolute Gasteiger partial charge is 0.129 e. The fraction of sp³-hybridized carbons (Fsp3) is 0.409. The van der Waals surface area contributed by atoms with Crippen LogP contribution in [0.2, 0.25) is 0 Å². The molecule has 144 valence electrons. The molecule has 3 aromatic rings. The average molecular weight is 374 g/mol. The molecular formula is C22H26N6. The molecule has 0 spiro atoms. The molecule has 1 saturated heterocycles. The summed E-state index contributed by atoms with van der Waals surface area (Å²) in [4.78, 5) is 14.7. The number of piperidine rings is 1. The van der Waals surface area contributed by atoms with Crippen molar-refractivity contribution in [3.8, 4) is 6.07 Å². The number of aromatic amines is 1. The van der Waals surface area contributed by atoms with Gasteiger partial charge in [-0.05, 0) is 70.1 Å². The highest BCUT2D eigenvalue weighted by atomic mass is 15.1. The molecule has 6 heteroatoms. The van der Waals surface area contributed by atoms with Gasteiger partial charge in [0, 0.05) is 40.8 Å². The molecule has 0 atom stereocenters. The molecule has 0 amide bonds. The van der Waals surface area contributed by atoms with Crippen LogP contribution in [0.4, 0.5) is 5.82 Å². The van der Waals surface area contributed by atoms with Gasteiger partial charge in [-0.25, -0.2) is 9.97 Å². The SMILES string of the molecule is Cc1[nH]c2ccc(C#N)cc2c1CCNc1cc(C2CCN(C)CC2)ncn1. The van der Waals surface area contributed by atoms with Crippen molar-refractivity contribution in [3.63, 3.8) is 0 Å². The molecule has 1 aliphatic heterocycles. The van der Waals surface area contributed by atoms with Crippen molar-refractivity contribution in [1.29, 1.82) is 5.26 Å². The number of aromatic nitrogens is 3. The lowest BCUT2D eigenvalue weighted by Gasteiger charge is -2.28. The Balaban J connectivity index is 1.43. The average Bonchev–Trinajstić information content (AvgIpc) is 3.03. The lowest BCUT2D eigenvalue weighted by molar-refractivity contribution is 0.253. The molecule has 4 rings (SSSR count). The Morgan fingerprint density at radius 1 is 1.25 bits per heavy atom. The molecule has 1 aliphatic rings. The fourth-order valence-corrected chi connectivity index (χ4v) is 4.09. The van der Waals surface area contributed by atoms with Crippen LogP contribution in [0.15, 0.2) is 30.6 Å². The first-order valence-electron chi connectivity index (χ1n) is 9.89. The van der Waals surface area contributed by atoms with E-state index in [2.05, 4.69) is 51.3 Å². The van der Waals surface area contributed by atoms with Crippen molar-refractivity contribution in [2.24, 2.45) is 0 Å². The van der Waals surface area contributed by atoms with E-state index in [9.17, 15) is 5.26 Å². The number of benzene rings is 1. The Bertz CT molecular complexity index is 1010. The summed E-state index contributed by atoms with van der Waals surface area (Å²) < 4.78 is 0. The molecule has 0 bridgehead atoms. The lowest BCUT2D eigenvalue weighted by atomic mass is 9.93. The molecule has 6 nitrogen and oxygen atoms in total. The van der Waals surface area contributed by atoms with Crippen LogP contribution in [0.5, 0.6) is 0 Å². The van der Waals surface area contributed by atoms with Crippen LogP contribution in [0.25, 0.3) is 10.9 Å². The molecule has 0 aliphatic carbocycles. The minimum Gasteiger partial charge on any atom is -0.370 e. The van der Waals surface area contributed by atoms with Crippen molar-refractivity contribution >= 4 is 16.7 Å². The second-order valence-electron chi connectivity index (χ2n) is 7.68. The molecule has 1 fully saturated rings. The Morgan fingerprint density at radius 3 is 2.86 bits per heavy atom. The molecule has 2 N–H and O–H groups in total. The van der Waals surface area contributed by atoms with Gasteiger partial charge >= 0.3 is 0 Å². The number of nitrogens with one attached hydrogen (secondary N) is 2. The standard InChI is InChI=1S/C22H26N6/c1-15-18(19-11-16(13-23)3-4-20(19)27-15)5-8-24-22-12-21(25-14-26-22)17-6-9-28(2)10-7-17/h3-4,11-12,14,17,27H,5-10H2,1-2H3,(H,24,25,26). The van der Waals surface area contributed by atoms with E-state index >= 15 is 0 Å². The highest BCUT2D eigenvalue weighted by Gasteiger charge is 2.19. The number of fused-ring (bicyclic) bond motifs is 1. The van der Waals surface area contributed by atoms with E-state index in [1.54, 1.807) is 6.33 Å². The Labute approximate surface area is 165 Å². The summed E-state index contributed by atoms with van der Waals surface area (Å²) in [5.74, 6) is 1.42. The molecule has 2 aromatic heterocycles. The predicted molar refractivity (Wildman–Crippen MR) is 111 cm³/mol. The Kier molecular flexibility index (Phi) is 5.27. The van der Waals surface area contributed by atoms with Gasteiger partial charge < -0.3 is 15.2 Å². The van der Waals surface area contributed by atoms with Crippen LogP contribution in [0, 0.1) is 18.3 Å². The number of anilines is 1. The topological polar surface area (TPSA) is 80.6 Å². The summed E-state index contributed by atoms with van der Waals surface area (Å²) in [5.41, 5.74) is 5.33. The normalized spacial score (nSPS) is 15.6. The molecule has 28 heavy (non-hydrogen) atoms. The van der Waals surface area contributed by atoms with E-state index < -0.39 is 0 Å². The highest BCUT2D eigenvalue weighted by molar-refractivity contribution is 5.86. The zero-order chi connectivity index (χ0) is 19.5. The first kappa shape index (κ1) is 18.5. The molecule has 0 unspecified atom stereocenters. The lowest BCUT2D eigenvalue weighted by Crippen LogP contribution is -2.29. The summed E-state index contributed by atoms with van der Waals surface area (Å²) >= 11 is 0. The number of rotatable bonds is 5. The largest absolute Gasteiger partial charge is 0.370 e. The van der Waals surface area contributed by atoms with Gasteiger partial charge in [0.15, 0.2) is 0 Å². The number of likely N-dealkylation sites (tertiary alicyclic amines) is 1. The van der Waals surface area contributed by atoms with Gasteiger partial charge in [-0.1, -0.05) is 0 Å². The number of hydrogen-bond acceptors (Lipinski definition) is 5.